The first-order valence-electron chi connectivity index (χ1n) is 4.34. The zero-order valence-electron chi connectivity index (χ0n) is 8.34. The topological polar surface area (TPSA) is 46.5 Å². The van der Waals surface area contributed by atoms with Crippen molar-refractivity contribution in [1.82, 2.24) is 0 Å². The summed E-state index contributed by atoms with van der Waals surface area (Å²) >= 11 is 6.24. The fraction of sp³-hybridized carbons (Fsp3) is 0.300. The predicted octanol–water partition coefficient (Wildman–Crippen LogP) is 2.97. The maximum absolute atomic E-state index is 13.3. The summed E-state index contributed by atoms with van der Waals surface area (Å²) in [7, 11) is 1.14. The van der Waals surface area contributed by atoms with Gasteiger partial charge < -0.3 is 9.84 Å². The van der Waals surface area contributed by atoms with E-state index in [1.54, 1.807) is 12.1 Å². The molecule has 0 radical (unpaired) electrons. The van der Waals surface area contributed by atoms with E-state index in [9.17, 15) is 14.3 Å². The van der Waals surface area contributed by atoms with Gasteiger partial charge in [0.1, 0.15) is 5.75 Å². The van der Waals surface area contributed by atoms with Crippen LogP contribution in [0.25, 0.3) is 0 Å². The second-order valence-corrected chi connectivity index (χ2v) is 4.81. The zero-order valence-corrected chi connectivity index (χ0v) is 11.5. The average molecular weight is 356 g/mol. The van der Waals surface area contributed by atoms with E-state index in [0.717, 1.165) is 7.11 Å². The highest BCUT2D eigenvalue weighted by molar-refractivity contribution is 9.11. The molecule has 0 heterocycles. The summed E-state index contributed by atoms with van der Waals surface area (Å²) in [5, 5.41) is 9.44. The number of benzene rings is 1. The molecule has 6 heteroatoms. The molecule has 0 saturated carbocycles. The maximum Gasteiger partial charge on any atom is 0.340 e. The molecule has 0 aliphatic rings. The van der Waals surface area contributed by atoms with Crippen LogP contribution in [0.4, 0.5) is 4.39 Å². The molecule has 1 aromatic carbocycles. The van der Waals surface area contributed by atoms with Crippen molar-refractivity contribution in [1.29, 1.82) is 0 Å². The monoisotopic (exact) mass is 354 g/mol. The van der Waals surface area contributed by atoms with Crippen molar-refractivity contribution in [2.24, 2.45) is 0 Å². The first-order chi connectivity index (χ1) is 7.45. The van der Waals surface area contributed by atoms with E-state index in [1.807, 2.05) is 0 Å². The van der Waals surface area contributed by atoms with Gasteiger partial charge in [-0.3, -0.25) is 0 Å². The van der Waals surface area contributed by atoms with Crippen LogP contribution in [-0.2, 0) is 16.0 Å². The van der Waals surface area contributed by atoms with Gasteiger partial charge in [-0.15, -0.1) is 0 Å². The number of phenolic OH excluding ortho intramolecular Hbond substituents is 1. The summed E-state index contributed by atoms with van der Waals surface area (Å²) in [5.74, 6) is -0.863. The smallest absolute Gasteiger partial charge is 0.340 e. The van der Waals surface area contributed by atoms with E-state index in [1.165, 1.54) is 0 Å². The first-order valence-corrected chi connectivity index (χ1v) is 5.93. The summed E-state index contributed by atoms with van der Waals surface area (Å²) in [6.45, 7) is 0. The number of hydrogen-bond acceptors (Lipinski definition) is 3. The Labute approximate surface area is 109 Å². The molecule has 16 heavy (non-hydrogen) atoms. The number of carbonyl (C=O) groups excluding carboxylic acids is 1. The third-order valence-electron chi connectivity index (χ3n) is 1.95. The molecule has 1 aromatic rings. The summed E-state index contributed by atoms with van der Waals surface area (Å²) in [4.78, 5) is 10.9. The maximum atomic E-state index is 13.3. The minimum Gasteiger partial charge on any atom is -0.506 e. The summed E-state index contributed by atoms with van der Waals surface area (Å²) in [5.41, 5.74) is 0.578. The van der Waals surface area contributed by atoms with Gasteiger partial charge in [0.2, 0.25) is 6.17 Å². The number of aromatic hydroxyl groups is 1. The molecule has 0 aliphatic carbocycles. The van der Waals surface area contributed by atoms with E-state index in [0.29, 0.717) is 14.5 Å². The first kappa shape index (κ1) is 13.4. The van der Waals surface area contributed by atoms with Crippen molar-refractivity contribution < 1.29 is 19.0 Å². The molecule has 1 atom stereocenters. The van der Waals surface area contributed by atoms with Gasteiger partial charge in [0.15, 0.2) is 0 Å². The highest BCUT2D eigenvalue weighted by atomic mass is 79.9. The molecule has 0 fully saturated rings. The van der Waals surface area contributed by atoms with Crippen LogP contribution in [0.2, 0.25) is 0 Å². The van der Waals surface area contributed by atoms with Crippen molar-refractivity contribution in [3.8, 4) is 5.75 Å². The predicted molar refractivity (Wildman–Crippen MR) is 64.1 cm³/mol. The zero-order chi connectivity index (χ0) is 12.3. The van der Waals surface area contributed by atoms with Crippen LogP contribution in [0.5, 0.6) is 5.75 Å². The fourth-order valence-electron chi connectivity index (χ4n) is 1.15. The van der Waals surface area contributed by atoms with Crippen LogP contribution in [0.1, 0.15) is 5.56 Å². The van der Waals surface area contributed by atoms with Gasteiger partial charge in [-0.1, -0.05) is 0 Å². The molecule has 1 rings (SSSR count). The molecule has 0 amide bonds. The van der Waals surface area contributed by atoms with E-state index in [4.69, 9.17) is 0 Å². The lowest BCUT2D eigenvalue weighted by Crippen LogP contribution is -2.19. The van der Waals surface area contributed by atoms with Crippen molar-refractivity contribution in [3.63, 3.8) is 0 Å². The Bertz CT molecular complexity index is 386. The molecule has 1 N–H and O–H groups in total. The Hall–Kier alpha value is -0.620. The lowest BCUT2D eigenvalue weighted by Gasteiger charge is -2.08. The number of rotatable bonds is 3. The van der Waals surface area contributed by atoms with E-state index >= 15 is 0 Å². The molecule has 0 spiro atoms. The number of halogens is 3. The van der Waals surface area contributed by atoms with Crippen molar-refractivity contribution >= 4 is 37.8 Å². The molecule has 88 valence electrons. The Balaban J connectivity index is 2.86. The van der Waals surface area contributed by atoms with Gasteiger partial charge in [0.25, 0.3) is 0 Å². The summed E-state index contributed by atoms with van der Waals surface area (Å²) in [6, 6.07) is 3.10. The summed E-state index contributed by atoms with van der Waals surface area (Å²) < 4.78 is 18.4. The number of phenols is 1. The van der Waals surface area contributed by atoms with Gasteiger partial charge in [-0.05, 0) is 49.6 Å². The molecule has 0 aromatic heterocycles. The van der Waals surface area contributed by atoms with Gasteiger partial charge in [-0.2, -0.15) is 0 Å². The van der Waals surface area contributed by atoms with Crippen LogP contribution in [0, 0.1) is 0 Å². The molecule has 0 unspecified atom stereocenters. The second kappa shape index (κ2) is 5.63. The lowest BCUT2D eigenvalue weighted by atomic mass is 10.1. The van der Waals surface area contributed by atoms with Crippen LogP contribution >= 0.6 is 31.9 Å². The normalized spacial score (nSPS) is 12.2. The van der Waals surface area contributed by atoms with Crippen molar-refractivity contribution in [2.75, 3.05) is 7.11 Å². The Morgan fingerprint density at radius 3 is 2.44 bits per heavy atom. The standard InChI is InChI=1S/C10H9Br2FO3/c1-16-10(15)8(13)4-5-2-6(11)9(14)7(12)3-5/h2-3,8,14H,4H2,1H3/t8-/m0/s1. The van der Waals surface area contributed by atoms with Crippen LogP contribution in [0.15, 0.2) is 21.1 Å². The van der Waals surface area contributed by atoms with E-state index in [2.05, 4.69) is 36.6 Å². The van der Waals surface area contributed by atoms with Gasteiger partial charge in [-0.25, -0.2) is 9.18 Å². The van der Waals surface area contributed by atoms with Crippen LogP contribution in [0.3, 0.4) is 0 Å². The highest BCUT2D eigenvalue weighted by Gasteiger charge is 2.19. The molecule has 3 nitrogen and oxygen atoms in total. The average Bonchev–Trinajstić information content (AvgIpc) is 2.24. The van der Waals surface area contributed by atoms with Crippen LogP contribution in [-0.4, -0.2) is 24.4 Å². The number of carbonyl (C=O) groups is 1. The number of hydrogen-bond donors (Lipinski definition) is 1. The van der Waals surface area contributed by atoms with Gasteiger partial charge in [0.05, 0.1) is 16.1 Å². The molecular formula is C10H9Br2FO3. The Morgan fingerprint density at radius 1 is 1.50 bits per heavy atom. The third kappa shape index (κ3) is 3.18. The quantitative estimate of drug-likeness (QED) is 0.848. The number of ether oxygens (including phenoxy) is 1. The fourth-order valence-corrected chi connectivity index (χ4v) is 2.44. The van der Waals surface area contributed by atoms with E-state index < -0.39 is 12.1 Å². The molecule has 0 saturated heterocycles. The summed E-state index contributed by atoms with van der Waals surface area (Å²) in [6.07, 6.45) is -1.79. The largest absolute Gasteiger partial charge is 0.506 e. The van der Waals surface area contributed by atoms with Gasteiger partial charge in [0, 0.05) is 6.42 Å². The van der Waals surface area contributed by atoms with Gasteiger partial charge >= 0.3 is 5.97 Å². The lowest BCUT2D eigenvalue weighted by molar-refractivity contribution is -0.146. The molecule has 0 aliphatic heterocycles. The minimum atomic E-state index is -1.70. The highest BCUT2D eigenvalue weighted by Crippen LogP contribution is 2.33. The third-order valence-corrected chi connectivity index (χ3v) is 3.16. The molecule has 0 bridgehead atoms. The van der Waals surface area contributed by atoms with E-state index in [-0.39, 0.29) is 12.2 Å². The van der Waals surface area contributed by atoms with Crippen molar-refractivity contribution in [3.05, 3.63) is 26.6 Å². The van der Waals surface area contributed by atoms with Crippen LogP contribution < -0.4 is 0 Å². The Kier molecular flexibility index (Phi) is 4.73. The minimum absolute atomic E-state index is 0.0391. The number of esters is 1. The van der Waals surface area contributed by atoms with Crippen molar-refractivity contribution in [2.45, 2.75) is 12.6 Å². The second-order valence-electron chi connectivity index (χ2n) is 3.10. The Morgan fingerprint density at radius 2 is 2.00 bits per heavy atom. The SMILES string of the molecule is COC(=O)[C@@H](F)Cc1cc(Br)c(O)c(Br)c1. The number of alkyl halides is 1. The number of methoxy groups -OCH3 is 1. The molecular weight excluding hydrogens is 347 g/mol.